The highest BCUT2D eigenvalue weighted by atomic mass is 19.1. The molecule has 0 radical (unpaired) electrons. The van der Waals surface area contributed by atoms with Gasteiger partial charge >= 0.3 is 6.09 Å². The number of para-hydroxylation sites is 1. The third-order valence-corrected chi connectivity index (χ3v) is 3.27. The molecule has 1 heterocycles. The van der Waals surface area contributed by atoms with Crippen LogP contribution in [0.4, 0.5) is 9.18 Å². The molecule has 116 valence electrons. The molecule has 0 spiro atoms. The van der Waals surface area contributed by atoms with E-state index in [4.69, 9.17) is 9.47 Å². The number of ether oxygens (including phenoxy) is 2. The van der Waals surface area contributed by atoms with Crippen molar-refractivity contribution in [2.45, 2.75) is 45.3 Å². The van der Waals surface area contributed by atoms with Gasteiger partial charge < -0.3 is 14.4 Å². The van der Waals surface area contributed by atoms with Gasteiger partial charge in [-0.25, -0.2) is 9.18 Å². The Balaban J connectivity index is 1.93. The maximum absolute atomic E-state index is 13.5. The Morgan fingerprint density at radius 2 is 2.10 bits per heavy atom. The lowest BCUT2D eigenvalue weighted by atomic mass is 10.2. The third kappa shape index (κ3) is 4.34. The molecule has 0 aliphatic carbocycles. The highest BCUT2D eigenvalue weighted by molar-refractivity contribution is 5.69. The average Bonchev–Trinajstić information content (AvgIpc) is 2.84. The zero-order valence-electron chi connectivity index (χ0n) is 12.8. The largest absolute Gasteiger partial charge is 0.488 e. The smallest absolute Gasteiger partial charge is 0.410 e. The maximum atomic E-state index is 13.5. The molecular formula is C16H22FNO3. The summed E-state index contributed by atoms with van der Waals surface area (Å²) >= 11 is 0. The van der Waals surface area contributed by atoms with Crippen LogP contribution in [-0.4, -0.2) is 35.8 Å². The van der Waals surface area contributed by atoms with E-state index in [1.165, 1.54) is 6.07 Å². The second-order valence-corrected chi connectivity index (χ2v) is 6.21. The minimum Gasteiger partial charge on any atom is -0.488 e. The van der Waals surface area contributed by atoms with Crippen molar-refractivity contribution in [3.8, 4) is 5.75 Å². The van der Waals surface area contributed by atoms with Crippen LogP contribution in [0.5, 0.6) is 5.75 Å². The van der Waals surface area contributed by atoms with Gasteiger partial charge in [-0.15, -0.1) is 0 Å². The van der Waals surface area contributed by atoms with Crippen LogP contribution >= 0.6 is 0 Å². The molecule has 1 fully saturated rings. The summed E-state index contributed by atoms with van der Waals surface area (Å²) in [6, 6.07) is 6.21. The quantitative estimate of drug-likeness (QED) is 0.855. The first kappa shape index (κ1) is 15.6. The maximum Gasteiger partial charge on any atom is 0.410 e. The van der Waals surface area contributed by atoms with Crippen molar-refractivity contribution in [1.29, 1.82) is 0 Å². The molecule has 0 bridgehead atoms. The van der Waals surface area contributed by atoms with Gasteiger partial charge in [-0.1, -0.05) is 12.1 Å². The molecule has 21 heavy (non-hydrogen) atoms. The lowest BCUT2D eigenvalue weighted by molar-refractivity contribution is 0.0186. The van der Waals surface area contributed by atoms with Gasteiger partial charge in [0.25, 0.3) is 0 Å². The molecule has 4 nitrogen and oxygen atoms in total. The van der Waals surface area contributed by atoms with Crippen LogP contribution in [-0.2, 0) is 4.74 Å². The lowest BCUT2D eigenvalue weighted by Gasteiger charge is -2.28. The van der Waals surface area contributed by atoms with Crippen molar-refractivity contribution >= 4 is 6.09 Å². The van der Waals surface area contributed by atoms with E-state index in [9.17, 15) is 9.18 Å². The van der Waals surface area contributed by atoms with Crippen molar-refractivity contribution < 1.29 is 18.7 Å². The average molecular weight is 295 g/mol. The summed E-state index contributed by atoms with van der Waals surface area (Å²) in [5.41, 5.74) is -0.517. The third-order valence-electron chi connectivity index (χ3n) is 3.27. The van der Waals surface area contributed by atoms with Crippen LogP contribution in [0.2, 0.25) is 0 Å². The van der Waals surface area contributed by atoms with E-state index in [-0.39, 0.29) is 30.3 Å². The molecule has 1 aromatic carbocycles. The van der Waals surface area contributed by atoms with E-state index in [0.29, 0.717) is 6.54 Å². The van der Waals surface area contributed by atoms with Gasteiger partial charge in [0, 0.05) is 6.54 Å². The topological polar surface area (TPSA) is 38.8 Å². The van der Waals surface area contributed by atoms with E-state index in [0.717, 1.165) is 12.8 Å². The molecule has 1 unspecified atom stereocenters. The van der Waals surface area contributed by atoms with E-state index in [1.54, 1.807) is 23.1 Å². The Labute approximate surface area is 124 Å². The second-order valence-electron chi connectivity index (χ2n) is 6.21. The van der Waals surface area contributed by atoms with Gasteiger partial charge in [0.1, 0.15) is 12.2 Å². The number of halogens is 1. The normalized spacial score (nSPS) is 18.7. The van der Waals surface area contributed by atoms with Crippen LogP contribution in [0.1, 0.15) is 33.6 Å². The van der Waals surface area contributed by atoms with Crippen LogP contribution < -0.4 is 4.74 Å². The Hall–Kier alpha value is -1.78. The van der Waals surface area contributed by atoms with Gasteiger partial charge in [0.2, 0.25) is 0 Å². The number of carbonyl (C=O) groups is 1. The molecule has 0 saturated carbocycles. The Morgan fingerprint density at radius 3 is 2.76 bits per heavy atom. The lowest BCUT2D eigenvalue weighted by Crippen LogP contribution is -2.42. The molecule has 1 aromatic rings. The highest BCUT2D eigenvalue weighted by Crippen LogP contribution is 2.23. The minimum absolute atomic E-state index is 0.0699. The highest BCUT2D eigenvalue weighted by Gasteiger charge is 2.32. The van der Waals surface area contributed by atoms with Gasteiger partial charge in [-0.3, -0.25) is 0 Å². The van der Waals surface area contributed by atoms with E-state index in [2.05, 4.69) is 0 Å². The number of hydrogen-bond acceptors (Lipinski definition) is 3. The standard InChI is InChI=1S/C16H22FNO3/c1-16(2,3)21-15(19)18-10-6-7-12(18)11-20-14-9-5-4-8-13(14)17/h4-5,8-9,12H,6-7,10-11H2,1-3H3. The number of amides is 1. The molecule has 1 amide bonds. The zero-order chi connectivity index (χ0) is 15.5. The summed E-state index contributed by atoms with van der Waals surface area (Å²) in [5.74, 6) is -0.173. The van der Waals surface area contributed by atoms with Gasteiger partial charge in [-0.05, 0) is 45.7 Å². The first-order valence-corrected chi connectivity index (χ1v) is 7.24. The number of likely N-dealkylation sites (tertiary alicyclic amines) is 1. The van der Waals surface area contributed by atoms with E-state index < -0.39 is 5.60 Å². The van der Waals surface area contributed by atoms with E-state index in [1.807, 2.05) is 20.8 Å². The van der Waals surface area contributed by atoms with Crippen LogP contribution in [0.15, 0.2) is 24.3 Å². The number of rotatable bonds is 3. The minimum atomic E-state index is -0.517. The Morgan fingerprint density at radius 1 is 1.38 bits per heavy atom. The first-order valence-electron chi connectivity index (χ1n) is 7.24. The molecule has 1 saturated heterocycles. The zero-order valence-corrected chi connectivity index (χ0v) is 12.8. The number of benzene rings is 1. The fourth-order valence-corrected chi connectivity index (χ4v) is 2.32. The Bertz CT molecular complexity index is 499. The summed E-state index contributed by atoms with van der Waals surface area (Å²) in [4.78, 5) is 13.8. The fraction of sp³-hybridized carbons (Fsp3) is 0.562. The predicted octanol–water partition coefficient (Wildman–Crippen LogP) is 3.60. The van der Waals surface area contributed by atoms with Gasteiger partial charge in [0.15, 0.2) is 11.6 Å². The van der Waals surface area contributed by atoms with Crippen molar-refractivity contribution in [2.75, 3.05) is 13.2 Å². The van der Waals surface area contributed by atoms with Gasteiger partial charge in [-0.2, -0.15) is 0 Å². The molecule has 0 aromatic heterocycles. The molecule has 1 aliphatic heterocycles. The molecule has 1 aliphatic rings. The number of hydrogen-bond donors (Lipinski definition) is 0. The summed E-state index contributed by atoms with van der Waals surface area (Å²) < 4.78 is 24.4. The van der Waals surface area contributed by atoms with Crippen LogP contribution in [0, 0.1) is 5.82 Å². The van der Waals surface area contributed by atoms with E-state index >= 15 is 0 Å². The van der Waals surface area contributed by atoms with Crippen molar-refractivity contribution in [2.24, 2.45) is 0 Å². The molecular weight excluding hydrogens is 273 g/mol. The fourth-order valence-electron chi connectivity index (χ4n) is 2.32. The molecule has 1 atom stereocenters. The van der Waals surface area contributed by atoms with Crippen LogP contribution in [0.25, 0.3) is 0 Å². The van der Waals surface area contributed by atoms with Gasteiger partial charge in [0.05, 0.1) is 6.04 Å². The SMILES string of the molecule is CC(C)(C)OC(=O)N1CCCC1COc1ccccc1F. The Kier molecular flexibility index (Phi) is 4.70. The number of carbonyl (C=O) groups excluding carboxylic acids is 1. The summed E-state index contributed by atoms with van der Waals surface area (Å²) in [5, 5.41) is 0. The predicted molar refractivity (Wildman–Crippen MR) is 77.9 cm³/mol. The second kappa shape index (κ2) is 6.33. The summed E-state index contributed by atoms with van der Waals surface area (Å²) in [6.07, 6.45) is 1.42. The monoisotopic (exact) mass is 295 g/mol. The molecule has 2 rings (SSSR count). The van der Waals surface area contributed by atoms with Crippen molar-refractivity contribution in [3.05, 3.63) is 30.1 Å². The molecule has 0 N–H and O–H groups in total. The first-order chi connectivity index (χ1) is 9.87. The van der Waals surface area contributed by atoms with Crippen LogP contribution in [0.3, 0.4) is 0 Å². The van der Waals surface area contributed by atoms with Crippen molar-refractivity contribution in [1.82, 2.24) is 4.90 Å². The summed E-state index contributed by atoms with van der Waals surface area (Å²) in [7, 11) is 0. The van der Waals surface area contributed by atoms with Crippen molar-refractivity contribution in [3.63, 3.8) is 0 Å². The number of nitrogens with zero attached hydrogens (tertiary/aromatic N) is 1. The summed E-state index contributed by atoms with van der Waals surface area (Å²) in [6.45, 7) is 6.45. The molecule has 5 heteroatoms.